The SMILES string of the molecule is NC(=O)c1cccc2c1ccn2C(=O)c1ccccc1. The number of primary amides is 1. The average molecular weight is 264 g/mol. The Balaban J connectivity index is 2.17. The van der Waals surface area contributed by atoms with E-state index in [9.17, 15) is 9.59 Å². The van der Waals surface area contributed by atoms with E-state index >= 15 is 0 Å². The Labute approximate surface area is 115 Å². The third-order valence-electron chi connectivity index (χ3n) is 3.24. The van der Waals surface area contributed by atoms with Gasteiger partial charge in [-0.1, -0.05) is 24.3 Å². The summed E-state index contributed by atoms with van der Waals surface area (Å²) in [5.74, 6) is -0.636. The summed E-state index contributed by atoms with van der Waals surface area (Å²) in [5, 5.41) is 0.685. The summed E-state index contributed by atoms with van der Waals surface area (Å²) in [5.41, 5.74) is 7.03. The van der Waals surface area contributed by atoms with Gasteiger partial charge < -0.3 is 5.73 Å². The number of carbonyl (C=O) groups is 2. The fourth-order valence-corrected chi connectivity index (χ4v) is 2.28. The molecule has 3 aromatic rings. The van der Waals surface area contributed by atoms with Gasteiger partial charge in [0.1, 0.15) is 0 Å². The number of amides is 1. The number of nitrogens with two attached hydrogens (primary N) is 1. The van der Waals surface area contributed by atoms with Gasteiger partial charge in [-0.05, 0) is 30.3 Å². The Bertz CT molecular complexity index is 804. The van der Waals surface area contributed by atoms with Gasteiger partial charge in [0.15, 0.2) is 0 Å². The van der Waals surface area contributed by atoms with E-state index < -0.39 is 5.91 Å². The minimum atomic E-state index is -0.500. The van der Waals surface area contributed by atoms with Crippen molar-refractivity contribution in [2.75, 3.05) is 0 Å². The van der Waals surface area contributed by atoms with Crippen molar-refractivity contribution in [3.8, 4) is 0 Å². The van der Waals surface area contributed by atoms with Crippen molar-refractivity contribution in [3.05, 3.63) is 71.9 Å². The lowest BCUT2D eigenvalue weighted by Crippen LogP contribution is -2.12. The maximum Gasteiger partial charge on any atom is 0.262 e. The highest BCUT2D eigenvalue weighted by Gasteiger charge is 2.14. The van der Waals surface area contributed by atoms with Crippen LogP contribution in [0.5, 0.6) is 0 Å². The molecule has 0 fully saturated rings. The van der Waals surface area contributed by atoms with Gasteiger partial charge in [-0.15, -0.1) is 0 Å². The summed E-state index contributed by atoms with van der Waals surface area (Å²) in [6.45, 7) is 0. The zero-order valence-electron chi connectivity index (χ0n) is 10.6. The van der Waals surface area contributed by atoms with Crippen molar-refractivity contribution < 1.29 is 9.59 Å². The van der Waals surface area contributed by atoms with Crippen molar-refractivity contribution in [3.63, 3.8) is 0 Å². The van der Waals surface area contributed by atoms with Crippen LogP contribution in [0.4, 0.5) is 0 Å². The third kappa shape index (κ3) is 1.87. The highest BCUT2D eigenvalue weighted by atomic mass is 16.2. The maximum atomic E-state index is 12.4. The lowest BCUT2D eigenvalue weighted by molar-refractivity contribution is 0.0962. The summed E-state index contributed by atoms with van der Waals surface area (Å²) in [6.07, 6.45) is 1.66. The van der Waals surface area contributed by atoms with Gasteiger partial charge >= 0.3 is 0 Å². The van der Waals surface area contributed by atoms with Gasteiger partial charge in [0, 0.05) is 22.7 Å². The normalized spacial score (nSPS) is 10.6. The van der Waals surface area contributed by atoms with E-state index in [1.807, 2.05) is 18.2 Å². The number of hydrogen-bond acceptors (Lipinski definition) is 2. The van der Waals surface area contributed by atoms with Crippen LogP contribution in [0.15, 0.2) is 60.8 Å². The third-order valence-corrected chi connectivity index (χ3v) is 3.24. The molecule has 0 radical (unpaired) electrons. The Morgan fingerprint density at radius 2 is 1.65 bits per heavy atom. The molecule has 0 aliphatic heterocycles. The van der Waals surface area contributed by atoms with E-state index in [-0.39, 0.29) is 5.91 Å². The minimum absolute atomic E-state index is 0.137. The van der Waals surface area contributed by atoms with E-state index in [4.69, 9.17) is 5.73 Å². The summed E-state index contributed by atoms with van der Waals surface area (Å²) in [4.78, 5) is 23.8. The molecular weight excluding hydrogens is 252 g/mol. The van der Waals surface area contributed by atoms with Crippen LogP contribution in [0.2, 0.25) is 0 Å². The maximum absolute atomic E-state index is 12.4. The summed E-state index contributed by atoms with van der Waals surface area (Å²) in [7, 11) is 0. The molecule has 4 heteroatoms. The molecule has 0 aliphatic carbocycles. The van der Waals surface area contributed by atoms with E-state index in [1.54, 1.807) is 42.6 Å². The molecule has 3 rings (SSSR count). The predicted octanol–water partition coefficient (Wildman–Crippen LogP) is 2.43. The lowest BCUT2D eigenvalue weighted by atomic mass is 10.1. The van der Waals surface area contributed by atoms with Crippen molar-refractivity contribution in [2.45, 2.75) is 0 Å². The van der Waals surface area contributed by atoms with Crippen LogP contribution in [-0.2, 0) is 0 Å². The fraction of sp³-hybridized carbons (Fsp3) is 0. The van der Waals surface area contributed by atoms with Crippen LogP contribution in [0.3, 0.4) is 0 Å². The second kappa shape index (κ2) is 4.66. The molecule has 1 heterocycles. The molecule has 2 N–H and O–H groups in total. The number of fused-ring (bicyclic) bond motifs is 1. The smallest absolute Gasteiger partial charge is 0.262 e. The summed E-state index contributed by atoms with van der Waals surface area (Å²) in [6, 6.07) is 15.9. The highest BCUT2D eigenvalue weighted by molar-refractivity contribution is 6.09. The largest absolute Gasteiger partial charge is 0.366 e. The Morgan fingerprint density at radius 3 is 2.35 bits per heavy atom. The second-order valence-electron chi connectivity index (χ2n) is 4.46. The number of aromatic nitrogens is 1. The number of hydrogen-bond donors (Lipinski definition) is 1. The second-order valence-corrected chi connectivity index (χ2v) is 4.46. The Hall–Kier alpha value is -2.88. The molecule has 0 atom stereocenters. The fourth-order valence-electron chi connectivity index (χ4n) is 2.28. The average Bonchev–Trinajstić information content (AvgIpc) is 2.91. The first kappa shape index (κ1) is 12.2. The van der Waals surface area contributed by atoms with Crippen LogP contribution in [0, 0.1) is 0 Å². The van der Waals surface area contributed by atoms with Crippen molar-refractivity contribution in [1.29, 1.82) is 0 Å². The minimum Gasteiger partial charge on any atom is -0.366 e. The van der Waals surface area contributed by atoms with Crippen LogP contribution in [0.25, 0.3) is 10.9 Å². The van der Waals surface area contributed by atoms with Gasteiger partial charge in [0.05, 0.1) is 5.52 Å². The van der Waals surface area contributed by atoms with Crippen molar-refractivity contribution in [2.24, 2.45) is 5.73 Å². The van der Waals surface area contributed by atoms with Gasteiger partial charge in [0.25, 0.3) is 5.91 Å². The Kier molecular flexibility index (Phi) is 2.84. The molecule has 98 valence electrons. The molecule has 2 aromatic carbocycles. The highest BCUT2D eigenvalue weighted by Crippen LogP contribution is 2.21. The molecule has 20 heavy (non-hydrogen) atoms. The first-order chi connectivity index (χ1) is 9.68. The van der Waals surface area contributed by atoms with E-state index in [0.717, 1.165) is 0 Å². The van der Waals surface area contributed by atoms with E-state index in [0.29, 0.717) is 22.0 Å². The molecule has 4 nitrogen and oxygen atoms in total. The van der Waals surface area contributed by atoms with E-state index in [2.05, 4.69) is 0 Å². The molecule has 0 bridgehead atoms. The molecule has 0 aliphatic rings. The monoisotopic (exact) mass is 264 g/mol. The van der Waals surface area contributed by atoms with Crippen LogP contribution >= 0.6 is 0 Å². The first-order valence-electron chi connectivity index (χ1n) is 6.18. The molecule has 0 saturated carbocycles. The zero-order valence-corrected chi connectivity index (χ0v) is 10.6. The number of rotatable bonds is 2. The van der Waals surface area contributed by atoms with Gasteiger partial charge in [0.2, 0.25) is 5.91 Å². The van der Waals surface area contributed by atoms with Crippen LogP contribution in [-0.4, -0.2) is 16.4 Å². The number of benzene rings is 2. The standard InChI is InChI=1S/C16H12N2O2/c17-15(19)13-7-4-8-14-12(13)9-10-18(14)16(20)11-5-2-1-3-6-11/h1-10H,(H2,17,19). The lowest BCUT2D eigenvalue weighted by Gasteiger charge is -2.05. The van der Waals surface area contributed by atoms with Crippen molar-refractivity contribution >= 4 is 22.7 Å². The molecule has 0 saturated heterocycles. The molecule has 0 spiro atoms. The van der Waals surface area contributed by atoms with Crippen LogP contribution < -0.4 is 5.73 Å². The molecule has 1 aromatic heterocycles. The molecule has 0 unspecified atom stereocenters. The Morgan fingerprint density at radius 1 is 0.900 bits per heavy atom. The first-order valence-corrected chi connectivity index (χ1v) is 6.18. The predicted molar refractivity (Wildman–Crippen MR) is 76.6 cm³/mol. The van der Waals surface area contributed by atoms with Gasteiger partial charge in [-0.2, -0.15) is 0 Å². The van der Waals surface area contributed by atoms with Crippen molar-refractivity contribution in [1.82, 2.24) is 4.57 Å². The molecule has 1 amide bonds. The molecular formula is C16H12N2O2. The topological polar surface area (TPSA) is 65.1 Å². The zero-order chi connectivity index (χ0) is 14.1. The van der Waals surface area contributed by atoms with Gasteiger partial charge in [-0.3, -0.25) is 14.2 Å². The quantitative estimate of drug-likeness (QED) is 0.772. The van der Waals surface area contributed by atoms with Gasteiger partial charge in [-0.25, -0.2) is 0 Å². The summed E-state index contributed by atoms with van der Waals surface area (Å²) >= 11 is 0. The van der Waals surface area contributed by atoms with E-state index in [1.165, 1.54) is 4.57 Å². The summed E-state index contributed by atoms with van der Waals surface area (Å²) < 4.78 is 1.52. The number of carbonyl (C=O) groups excluding carboxylic acids is 2. The van der Waals surface area contributed by atoms with Crippen LogP contribution in [0.1, 0.15) is 20.7 Å². The number of nitrogens with zero attached hydrogens (tertiary/aromatic N) is 1.